The number of benzene rings is 2. The van der Waals surface area contributed by atoms with Crippen LogP contribution in [0.15, 0.2) is 24.3 Å². The van der Waals surface area contributed by atoms with Crippen molar-refractivity contribution in [1.29, 1.82) is 0 Å². The maximum absolute atomic E-state index is 13.3. The van der Waals surface area contributed by atoms with E-state index in [-0.39, 0.29) is 71.9 Å². The van der Waals surface area contributed by atoms with Crippen LogP contribution in [-0.4, -0.2) is 92.1 Å². The molecule has 0 radical (unpaired) electrons. The number of nitrogens with zero attached hydrogens (tertiary/aromatic N) is 2. The Morgan fingerprint density at radius 2 is 1.11 bits per heavy atom. The van der Waals surface area contributed by atoms with Crippen LogP contribution >= 0.6 is 0 Å². The zero-order valence-electron chi connectivity index (χ0n) is 29.7. The Kier molecular flexibility index (Phi) is 4.92. The number of hydrogen-bond acceptors (Lipinski definition) is 12. The highest BCUT2D eigenvalue weighted by atomic mass is 16.6. The standard InChI is InChI=1S/C42H40N2O10/c45-23-11-13-41(49)35-39(43(35)15-19-1-2-19)17-37(41)29-21(39)5-7-25(31(29)53-33(23)37)51-27(47)9-10-28(48)52-26-8-6-22-30-32(26)54-34-24(46)12-14-42(50)36-40(22,18-38(30,34)42)44(36)16-20-3-4-20/h5-8,19-20,33-36,49-50H,1-4,9-18H2/t33-,34-,35?,36?,37-,38-,39?,40?,41+,42+,43?,44?/m0/s1. The Bertz CT molecular complexity index is 2130. The van der Waals surface area contributed by atoms with Gasteiger partial charge >= 0.3 is 11.9 Å². The van der Waals surface area contributed by atoms with Crippen LogP contribution in [0.4, 0.5) is 0 Å². The van der Waals surface area contributed by atoms with Crippen LogP contribution < -0.4 is 18.9 Å². The zero-order chi connectivity index (χ0) is 36.1. The number of carbonyl (C=O) groups excluding carboxylic acids is 4. The molecule has 12 atom stereocenters. The molecule has 278 valence electrons. The molecule has 14 rings (SSSR count). The molecule has 2 aromatic carbocycles. The lowest BCUT2D eigenvalue weighted by Crippen LogP contribution is -2.64. The lowest BCUT2D eigenvalue weighted by Gasteiger charge is -2.47. The third kappa shape index (κ3) is 2.93. The maximum atomic E-state index is 13.3. The van der Waals surface area contributed by atoms with Crippen molar-refractivity contribution in [2.24, 2.45) is 11.8 Å². The molecular formula is C42H40N2O10. The van der Waals surface area contributed by atoms with Gasteiger partial charge in [-0.2, -0.15) is 0 Å². The molecule has 0 amide bonds. The van der Waals surface area contributed by atoms with Crippen molar-refractivity contribution >= 4 is 23.5 Å². The number of ketones is 2. The molecule has 54 heavy (non-hydrogen) atoms. The SMILES string of the molecule is O=C(CCC(=O)Oc1ccc2c3c1O[C@H]1C(=O)CC[C@@]4(O)C5N(CC6CC6)C25C[C@]314)Oc1ccc2c3c1O[C@H]1C(=O)CC[C@@]4(O)C5N(CC6CC6)C25C[C@]314. The number of aliphatic hydroxyl groups is 2. The summed E-state index contributed by atoms with van der Waals surface area (Å²) in [4.78, 5) is 58.3. The number of rotatable bonds is 9. The number of carbonyl (C=O) groups is 4. The molecule has 4 aliphatic heterocycles. The summed E-state index contributed by atoms with van der Waals surface area (Å²) in [6.45, 7) is 1.90. The Morgan fingerprint density at radius 1 is 0.685 bits per heavy atom. The van der Waals surface area contributed by atoms with E-state index in [9.17, 15) is 29.4 Å². The summed E-state index contributed by atoms with van der Waals surface area (Å²) < 4.78 is 24.4. The van der Waals surface area contributed by atoms with Crippen molar-refractivity contribution in [1.82, 2.24) is 9.80 Å². The molecule has 4 heterocycles. The lowest BCUT2D eigenvalue weighted by molar-refractivity contribution is -0.149. The van der Waals surface area contributed by atoms with Crippen molar-refractivity contribution in [3.05, 3.63) is 46.5 Å². The summed E-state index contributed by atoms with van der Waals surface area (Å²) >= 11 is 0. The average molecular weight is 733 g/mol. The first kappa shape index (κ1) is 30.4. The number of hydrogen-bond donors (Lipinski definition) is 2. The molecule has 6 unspecified atom stereocenters. The van der Waals surface area contributed by atoms with Gasteiger partial charge in [-0.25, -0.2) is 0 Å². The molecule has 2 N–H and O–H groups in total. The van der Waals surface area contributed by atoms with E-state index in [0.717, 1.165) is 35.3 Å². The molecule has 6 saturated carbocycles. The largest absolute Gasteiger partial charge is 0.477 e. The Morgan fingerprint density at radius 3 is 1.52 bits per heavy atom. The summed E-state index contributed by atoms with van der Waals surface area (Å²) in [5.74, 6) is 1.09. The number of fused-ring (bicyclic) bond motifs is 2. The van der Waals surface area contributed by atoms with Gasteiger partial charge in [-0.3, -0.25) is 29.0 Å². The third-order valence-corrected chi connectivity index (χ3v) is 16.8. The first-order valence-corrected chi connectivity index (χ1v) is 20.2. The van der Waals surface area contributed by atoms with Crippen LogP contribution in [0.3, 0.4) is 0 Å². The van der Waals surface area contributed by atoms with E-state index in [1.165, 1.54) is 25.7 Å². The second-order valence-electron chi connectivity index (χ2n) is 19.0. The molecule has 12 heteroatoms. The smallest absolute Gasteiger partial charge is 0.311 e. The second-order valence-corrected chi connectivity index (χ2v) is 19.0. The highest BCUT2D eigenvalue weighted by molar-refractivity contribution is 5.94. The van der Waals surface area contributed by atoms with Crippen molar-refractivity contribution < 1.29 is 48.3 Å². The average Bonchev–Trinajstić information content (AvgIpc) is 4.12. The molecular weight excluding hydrogens is 692 g/mol. The lowest BCUT2D eigenvalue weighted by atomic mass is 9.59. The van der Waals surface area contributed by atoms with E-state index >= 15 is 0 Å². The molecule has 2 saturated heterocycles. The first-order valence-electron chi connectivity index (χ1n) is 20.2. The highest BCUT2D eigenvalue weighted by Gasteiger charge is 2.93. The predicted molar refractivity (Wildman–Crippen MR) is 183 cm³/mol. The molecule has 8 fully saturated rings. The summed E-state index contributed by atoms with van der Waals surface area (Å²) in [5.41, 5.74) is -0.631. The fourth-order valence-corrected chi connectivity index (χ4v) is 14.5. The van der Waals surface area contributed by atoms with Crippen molar-refractivity contribution in [2.75, 3.05) is 13.1 Å². The summed E-state index contributed by atoms with van der Waals surface area (Å²) in [5, 5.41) is 24.8. The van der Waals surface area contributed by atoms with Gasteiger partial charge in [-0.1, -0.05) is 12.1 Å². The third-order valence-electron chi connectivity index (χ3n) is 16.8. The van der Waals surface area contributed by atoms with Gasteiger partial charge in [0, 0.05) is 37.1 Å². The van der Waals surface area contributed by atoms with E-state index in [1.807, 2.05) is 12.1 Å². The minimum atomic E-state index is -1.08. The van der Waals surface area contributed by atoms with Crippen LogP contribution in [-0.2, 0) is 41.1 Å². The fourth-order valence-electron chi connectivity index (χ4n) is 14.5. The van der Waals surface area contributed by atoms with Gasteiger partial charge < -0.3 is 29.2 Å². The van der Waals surface area contributed by atoms with E-state index in [1.54, 1.807) is 12.1 Å². The van der Waals surface area contributed by atoms with Crippen molar-refractivity contribution in [3.8, 4) is 23.0 Å². The Hall–Kier alpha value is -3.84. The number of esters is 2. The van der Waals surface area contributed by atoms with E-state index < -0.39 is 46.2 Å². The topological polar surface area (TPSA) is 152 Å². The number of likely N-dealkylation sites (tertiary alicyclic amines) is 2. The van der Waals surface area contributed by atoms with Gasteiger partial charge in [-0.15, -0.1) is 0 Å². The van der Waals surface area contributed by atoms with Gasteiger partial charge in [0.1, 0.15) is 0 Å². The minimum Gasteiger partial charge on any atom is -0.477 e. The zero-order valence-corrected chi connectivity index (χ0v) is 29.7. The fraction of sp³-hybridized carbons (Fsp3) is 0.619. The van der Waals surface area contributed by atoms with Gasteiger partial charge in [0.05, 0.1) is 58.0 Å². The number of piperidine rings is 2. The minimum absolute atomic E-state index is 0.0262. The van der Waals surface area contributed by atoms with Gasteiger partial charge in [-0.05, 0) is 86.5 Å². The van der Waals surface area contributed by atoms with Crippen LogP contribution in [0.1, 0.15) is 99.3 Å². The van der Waals surface area contributed by atoms with Crippen molar-refractivity contribution in [3.63, 3.8) is 0 Å². The van der Waals surface area contributed by atoms with Crippen LogP contribution in [0.5, 0.6) is 23.0 Å². The van der Waals surface area contributed by atoms with Crippen LogP contribution in [0.2, 0.25) is 0 Å². The number of Topliss-reactive ketones (excluding diaryl/α,β-unsaturated/α-hetero) is 2. The highest BCUT2D eigenvalue weighted by Crippen LogP contribution is 2.84. The second kappa shape index (κ2) is 8.75. The van der Waals surface area contributed by atoms with E-state index in [4.69, 9.17) is 18.9 Å². The molecule has 12 aliphatic rings. The van der Waals surface area contributed by atoms with E-state index in [0.29, 0.717) is 49.0 Å². The molecule has 4 bridgehead atoms. The maximum Gasteiger partial charge on any atom is 0.311 e. The Balaban J connectivity index is 0.724. The molecule has 8 aliphatic carbocycles. The van der Waals surface area contributed by atoms with E-state index in [2.05, 4.69) is 9.80 Å². The molecule has 0 aromatic heterocycles. The van der Waals surface area contributed by atoms with Crippen LogP contribution in [0.25, 0.3) is 0 Å². The quantitative estimate of drug-likeness (QED) is 0.222. The molecule has 4 spiro atoms. The number of ether oxygens (including phenoxy) is 4. The summed E-state index contributed by atoms with van der Waals surface area (Å²) in [6, 6.07) is 7.38. The Labute approximate surface area is 310 Å². The molecule has 12 nitrogen and oxygen atoms in total. The van der Waals surface area contributed by atoms with Gasteiger partial charge in [0.25, 0.3) is 0 Å². The predicted octanol–water partition coefficient (Wildman–Crippen LogP) is 2.58. The van der Waals surface area contributed by atoms with Crippen molar-refractivity contribution in [2.45, 2.75) is 134 Å². The summed E-state index contributed by atoms with van der Waals surface area (Å²) in [6.07, 6.45) is 5.29. The molecule has 2 aromatic rings. The van der Waals surface area contributed by atoms with Gasteiger partial charge in [0.2, 0.25) is 0 Å². The van der Waals surface area contributed by atoms with Crippen LogP contribution in [0, 0.1) is 11.8 Å². The monoisotopic (exact) mass is 732 g/mol. The summed E-state index contributed by atoms with van der Waals surface area (Å²) in [7, 11) is 0. The van der Waals surface area contributed by atoms with Gasteiger partial charge in [0.15, 0.2) is 46.8 Å². The first-order chi connectivity index (χ1) is 26.0. The normalized spacial score (nSPS) is 47.1.